The molecule has 22 valence electrons. The topological polar surface area (TPSA) is 0 Å². The van der Waals surface area contributed by atoms with Crippen molar-refractivity contribution in [2.24, 2.45) is 0 Å². The summed E-state index contributed by atoms with van der Waals surface area (Å²) in [6, 6.07) is 0. The van der Waals surface area contributed by atoms with Gasteiger partial charge >= 0.3 is 0 Å². The van der Waals surface area contributed by atoms with Gasteiger partial charge in [-0.3, -0.25) is 0 Å². The summed E-state index contributed by atoms with van der Waals surface area (Å²) < 4.78 is 0. The van der Waals surface area contributed by atoms with Crippen molar-refractivity contribution in [3.05, 3.63) is 0 Å². The molecule has 0 amide bonds. The number of rotatable bonds is 0. The molecule has 0 saturated carbocycles. The van der Waals surface area contributed by atoms with Gasteiger partial charge in [-0.05, 0) is 0 Å². The first-order chi connectivity index (χ1) is 0. The van der Waals surface area contributed by atoms with E-state index in [4.69, 9.17) is 0 Å². The minimum Gasteiger partial charge on any atom is 0 e. The van der Waals surface area contributed by atoms with Gasteiger partial charge in [0.1, 0.15) is 0 Å². The van der Waals surface area contributed by atoms with E-state index in [-0.39, 0.29) is 92.0 Å². The third kappa shape index (κ3) is 8.87. The third-order valence-electron chi connectivity index (χ3n) is 0. The summed E-state index contributed by atoms with van der Waals surface area (Å²) >= 11 is 0. The van der Waals surface area contributed by atoms with Crippen LogP contribution in [-0.2, 0) is 0 Å². The zero-order valence-electron chi connectivity index (χ0n) is 0.500. The maximum Gasteiger partial charge on any atom is 0.187 e. The van der Waals surface area contributed by atoms with Gasteiger partial charge in [-0.15, -0.1) is 0 Å². The van der Waals surface area contributed by atoms with Gasteiger partial charge in [0.05, 0.1) is 0 Å². The largest absolute Gasteiger partial charge is 0.187 e. The van der Waals surface area contributed by atoms with E-state index in [0.717, 1.165) is 0 Å². The van der Waals surface area contributed by atoms with E-state index in [2.05, 4.69) is 0 Å². The summed E-state index contributed by atoms with van der Waals surface area (Å²) in [6.45, 7) is 0. The first-order valence-corrected chi connectivity index (χ1v) is 0. The molecule has 0 heterocycles. The third-order valence-corrected chi connectivity index (χ3v) is 0. The molecule has 0 atom stereocenters. The van der Waals surface area contributed by atoms with Gasteiger partial charge in [-0.2, -0.15) is 0 Å². The van der Waals surface area contributed by atoms with Crippen molar-refractivity contribution >= 4 is 52.1 Å². The molecule has 0 aliphatic rings. The molecule has 0 unspecified atom stereocenters. The fraction of sp³-hybridized carbons (Fsp3) is 0. The van der Waals surface area contributed by atoms with E-state index in [1.807, 2.05) is 0 Å². The van der Waals surface area contributed by atoms with Crippen LogP contribution in [0.2, 0.25) is 0 Å². The predicted octanol–water partition coefficient (Wildman–Crippen LogP) is -3.55. The molecule has 0 aliphatic heterocycles. The fourth-order valence-electron chi connectivity index (χ4n) is 0. The molecule has 0 bridgehead atoms. The second-order valence-electron chi connectivity index (χ2n) is 0. The summed E-state index contributed by atoms with van der Waals surface area (Å²) in [6.07, 6.45) is 0. The molecular weight excluding hydrogens is 313 g/mol. The van der Waals surface area contributed by atoms with Gasteiger partial charge in [0.2, 0.25) is 0 Å². The van der Waals surface area contributed by atoms with Gasteiger partial charge in [0.25, 0.3) is 0 Å². The predicted molar refractivity (Wildman–Crippen MR) is 29.8 cm³/mol. The maximum absolute atomic E-state index is 0. The van der Waals surface area contributed by atoms with E-state index >= 15 is 0 Å². The summed E-state index contributed by atoms with van der Waals surface area (Å²) in [5, 5.41) is 0. The van der Waals surface area contributed by atoms with Crippen molar-refractivity contribution in [2.45, 2.75) is 0 Å². The minimum atomic E-state index is 0. The van der Waals surface area contributed by atoms with Gasteiger partial charge in [0.15, 0.2) is 52.1 Å². The summed E-state index contributed by atoms with van der Waals surface area (Å²) in [5.41, 5.74) is 0. The van der Waals surface area contributed by atoms with Crippen molar-refractivity contribution in [1.82, 2.24) is 0 Å². The molecule has 0 spiro atoms. The Labute approximate surface area is 90.2 Å². The van der Waals surface area contributed by atoms with Crippen molar-refractivity contribution in [3.63, 3.8) is 0 Å². The van der Waals surface area contributed by atoms with E-state index in [1.165, 1.54) is 0 Å². The van der Waals surface area contributed by atoms with Crippen LogP contribution in [0.3, 0.4) is 0 Å². The Morgan fingerprint density at radius 1 is 0.500 bits per heavy atom. The summed E-state index contributed by atoms with van der Waals surface area (Å²) in [4.78, 5) is 0. The standard InChI is InChI=1S/3Al.Th.9H. The second kappa shape index (κ2) is 16.8. The quantitative estimate of drug-likeness (QED) is 0.405. The first kappa shape index (κ1) is 28.4. The van der Waals surface area contributed by atoms with Crippen molar-refractivity contribution < 1.29 is 39.9 Å². The van der Waals surface area contributed by atoms with Gasteiger partial charge in [-0.1, -0.05) is 0 Å². The molecule has 0 saturated heterocycles. The van der Waals surface area contributed by atoms with Crippen LogP contribution in [0.25, 0.3) is 0 Å². The van der Waals surface area contributed by atoms with E-state index in [1.54, 1.807) is 0 Å². The number of hydrogen-bond acceptors (Lipinski definition) is 0. The fourth-order valence-corrected chi connectivity index (χ4v) is 0. The summed E-state index contributed by atoms with van der Waals surface area (Å²) in [7, 11) is 0. The second-order valence-corrected chi connectivity index (χ2v) is 0. The van der Waals surface area contributed by atoms with Crippen LogP contribution in [-0.4, -0.2) is 52.1 Å². The van der Waals surface area contributed by atoms with Crippen LogP contribution in [0.5, 0.6) is 0 Å². The average molecular weight is 322 g/mol. The van der Waals surface area contributed by atoms with Gasteiger partial charge in [-0.25, -0.2) is 0 Å². The Kier molecular flexibility index (Phi) is 119. The Hall–Kier alpha value is 2.92. The van der Waals surface area contributed by atoms with E-state index < -0.39 is 0 Å². The van der Waals surface area contributed by atoms with Crippen LogP contribution in [0.4, 0.5) is 0 Å². The van der Waals surface area contributed by atoms with Crippen molar-refractivity contribution in [2.75, 3.05) is 0 Å². The van der Waals surface area contributed by atoms with Crippen LogP contribution in [0.1, 0.15) is 0 Å². The van der Waals surface area contributed by atoms with Crippen LogP contribution < -0.4 is 0 Å². The molecule has 0 radical (unpaired) electrons. The molecule has 0 fully saturated rings. The molecule has 0 N–H and O–H groups in total. The molecule has 0 rings (SSSR count). The van der Waals surface area contributed by atoms with E-state index in [0.29, 0.717) is 0 Å². The molecule has 0 aromatic rings. The molecule has 0 aliphatic carbocycles. The Morgan fingerprint density at radius 2 is 0.500 bits per heavy atom. The Morgan fingerprint density at radius 3 is 0.500 bits per heavy atom. The van der Waals surface area contributed by atoms with Crippen LogP contribution >= 0.6 is 0 Å². The van der Waals surface area contributed by atoms with Crippen molar-refractivity contribution in [3.8, 4) is 0 Å². The number of hydrogen-bond donors (Lipinski definition) is 0. The molecule has 4 heavy (non-hydrogen) atoms. The molecule has 4 heteroatoms. The van der Waals surface area contributed by atoms with Crippen LogP contribution in [0, 0.1) is 39.9 Å². The van der Waals surface area contributed by atoms with E-state index in [9.17, 15) is 0 Å². The van der Waals surface area contributed by atoms with Gasteiger partial charge < -0.3 is 0 Å². The normalized spacial score (nSPS) is 0. The molecule has 0 nitrogen and oxygen atoms in total. The minimum absolute atomic E-state index is 0. The molecule has 0 aromatic carbocycles. The van der Waals surface area contributed by atoms with Crippen molar-refractivity contribution in [1.29, 1.82) is 0 Å². The Bertz CT molecular complexity index is 3.25. The zero-order chi connectivity index (χ0) is 0. The average Bonchev–Trinajstić information content (AvgIpc) is 0. The maximum atomic E-state index is 0. The zero-order valence-corrected chi connectivity index (χ0v) is 4.61. The monoisotopic (exact) mass is 322 g/mol. The van der Waals surface area contributed by atoms with Crippen LogP contribution in [0.15, 0.2) is 0 Å². The SMILES string of the molecule is [AlH3].[AlH3].[AlH3].[Th]. The summed E-state index contributed by atoms with van der Waals surface area (Å²) in [5.74, 6) is 0. The Balaban J connectivity index is 0. The molecular formula is H9Al3Th. The molecule has 0 aromatic heterocycles. The van der Waals surface area contributed by atoms with Gasteiger partial charge in [0, 0.05) is 39.9 Å². The first-order valence-electron chi connectivity index (χ1n) is 0. The smallest absolute Gasteiger partial charge is 0 e.